The Morgan fingerprint density at radius 3 is 2.50 bits per heavy atom. The van der Waals surface area contributed by atoms with Gasteiger partial charge in [-0.3, -0.25) is 14.8 Å². The van der Waals surface area contributed by atoms with Gasteiger partial charge in [0.2, 0.25) is 0 Å². The molecule has 0 saturated carbocycles. The van der Waals surface area contributed by atoms with Gasteiger partial charge < -0.3 is 9.47 Å². The molecule has 128 valence electrons. The summed E-state index contributed by atoms with van der Waals surface area (Å²) >= 11 is 3.23. The lowest BCUT2D eigenvalue weighted by atomic mass is 9.93. The van der Waals surface area contributed by atoms with Crippen LogP contribution in [0.15, 0.2) is 12.2 Å². The molecule has 0 heterocycles. The third-order valence-corrected chi connectivity index (χ3v) is 3.42. The highest BCUT2D eigenvalue weighted by Gasteiger charge is 2.26. The Labute approximate surface area is 139 Å². The number of hydrogen-bond acceptors (Lipinski definition) is 6. The minimum absolute atomic E-state index is 0.135. The number of carbonyl (C=O) groups is 2. The zero-order valence-electron chi connectivity index (χ0n) is 13.3. The van der Waals surface area contributed by atoms with Crippen molar-refractivity contribution in [1.82, 2.24) is 0 Å². The first-order valence-electron chi connectivity index (χ1n) is 7.11. The Kier molecular flexibility index (Phi) is 10.3. The number of carbonyl (C=O) groups excluding carboxylic acids is 2. The standard InChI is InChI=1S/C15H25BrO6/c1-11(2)13(22-19)12(9-20-10-17)7-5-6-8-21-14(18)15(3,4)16/h10,12-13,19H,1,5-9H2,2-4H3. The molecule has 0 radical (unpaired) electrons. The quantitative estimate of drug-likeness (QED) is 0.106. The van der Waals surface area contributed by atoms with Gasteiger partial charge in [0.1, 0.15) is 10.4 Å². The van der Waals surface area contributed by atoms with Crippen molar-refractivity contribution < 1.29 is 29.2 Å². The van der Waals surface area contributed by atoms with E-state index in [1.165, 1.54) is 0 Å². The molecule has 0 aromatic rings. The monoisotopic (exact) mass is 380 g/mol. The predicted molar refractivity (Wildman–Crippen MR) is 85.6 cm³/mol. The predicted octanol–water partition coefficient (Wildman–Crippen LogP) is 3.10. The van der Waals surface area contributed by atoms with Crippen LogP contribution in [-0.4, -0.2) is 41.3 Å². The number of ether oxygens (including phenoxy) is 2. The normalized spacial score (nSPS) is 14.0. The van der Waals surface area contributed by atoms with Crippen molar-refractivity contribution in [1.29, 1.82) is 0 Å². The van der Waals surface area contributed by atoms with E-state index in [1.807, 2.05) is 0 Å². The van der Waals surface area contributed by atoms with Crippen molar-refractivity contribution >= 4 is 28.4 Å². The van der Waals surface area contributed by atoms with E-state index in [2.05, 4.69) is 27.4 Å². The molecule has 0 amide bonds. The number of esters is 1. The van der Waals surface area contributed by atoms with Crippen LogP contribution >= 0.6 is 15.9 Å². The second-order valence-corrected chi connectivity index (χ2v) is 7.65. The van der Waals surface area contributed by atoms with E-state index in [0.29, 0.717) is 31.5 Å². The van der Waals surface area contributed by atoms with Crippen LogP contribution in [0, 0.1) is 5.92 Å². The van der Waals surface area contributed by atoms with Crippen molar-refractivity contribution in [3.05, 3.63) is 12.2 Å². The Bertz CT molecular complexity index is 364. The molecule has 0 fully saturated rings. The Morgan fingerprint density at radius 2 is 2.05 bits per heavy atom. The van der Waals surface area contributed by atoms with E-state index in [1.54, 1.807) is 20.8 Å². The second kappa shape index (κ2) is 10.7. The summed E-state index contributed by atoms with van der Waals surface area (Å²) in [4.78, 5) is 26.3. The second-order valence-electron chi connectivity index (χ2n) is 5.67. The van der Waals surface area contributed by atoms with Crippen LogP contribution in [0.2, 0.25) is 0 Å². The number of hydrogen-bond donors (Lipinski definition) is 1. The van der Waals surface area contributed by atoms with Crippen molar-refractivity contribution in [2.75, 3.05) is 13.2 Å². The SMILES string of the molecule is C=C(C)C(OO)C(CCCCOC(=O)C(C)(C)Br)COC=O. The Hall–Kier alpha value is -0.920. The molecular weight excluding hydrogens is 356 g/mol. The number of alkyl halides is 1. The van der Waals surface area contributed by atoms with Gasteiger partial charge in [0.15, 0.2) is 0 Å². The Morgan fingerprint density at radius 1 is 1.41 bits per heavy atom. The van der Waals surface area contributed by atoms with Gasteiger partial charge in [0.25, 0.3) is 6.47 Å². The van der Waals surface area contributed by atoms with E-state index in [9.17, 15) is 9.59 Å². The van der Waals surface area contributed by atoms with Gasteiger partial charge in [0, 0.05) is 5.92 Å². The maximum absolute atomic E-state index is 11.6. The zero-order valence-corrected chi connectivity index (χ0v) is 14.9. The van der Waals surface area contributed by atoms with Gasteiger partial charge in [0.05, 0.1) is 13.2 Å². The molecule has 2 unspecified atom stereocenters. The molecule has 0 aliphatic heterocycles. The molecule has 0 spiro atoms. The minimum Gasteiger partial charge on any atom is -0.467 e. The molecule has 0 aromatic carbocycles. The van der Waals surface area contributed by atoms with Crippen LogP contribution in [0.1, 0.15) is 40.0 Å². The van der Waals surface area contributed by atoms with Gasteiger partial charge in [-0.15, -0.1) is 0 Å². The van der Waals surface area contributed by atoms with Crippen LogP contribution in [-0.2, 0) is 24.0 Å². The van der Waals surface area contributed by atoms with Crippen LogP contribution in [0.3, 0.4) is 0 Å². The summed E-state index contributed by atoms with van der Waals surface area (Å²) in [6.45, 7) is 9.73. The Balaban J connectivity index is 4.21. The highest BCUT2D eigenvalue weighted by Crippen LogP contribution is 2.21. The molecule has 0 bridgehead atoms. The molecule has 6 nitrogen and oxygen atoms in total. The lowest BCUT2D eigenvalue weighted by Gasteiger charge is -2.24. The van der Waals surface area contributed by atoms with Gasteiger partial charge in [-0.05, 0) is 45.6 Å². The minimum atomic E-state index is -0.691. The van der Waals surface area contributed by atoms with Crippen LogP contribution in [0.25, 0.3) is 0 Å². The van der Waals surface area contributed by atoms with Crippen molar-refractivity contribution in [3.63, 3.8) is 0 Å². The van der Waals surface area contributed by atoms with Crippen LogP contribution in [0.4, 0.5) is 0 Å². The van der Waals surface area contributed by atoms with Gasteiger partial charge in [-0.25, -0.2) is 4.89 Å². The summed E-state index contributed by atoms with van der Waals surface area (Å²) in [7, 11) is 0. The summed E-state index contributed by atoms with van der Waals surface area (Å²) in [5.41, 5.74) is 0.648. The molecule has 2 atom stereocenters. The van der Waals surface area contributed by atoms with Gasteiger partial charge >= 0.3 is 5.97 Å². The lowest BCUT2D eigenvalue weighted by molar-refractivity contribution is -0.282. The van der Waals surface area contributed by atoms with Crippen molar-refractivity contribution in [2.24, 2.45) is 5.92 Å². The van der Waals surface area contributed by atoms with E-state index in [0.717, 1.165) is 6.42 Å². The fraction of sp³-hybridized carbons (Fsp3) is 0.733. The first-order chi connectivity index (χ1) is 10.2. The maximum atomic E-state index is 11.6. The first-order valence-corrected chi connectivity index (χ1v) is 7.90. The molecular formula is C15H25BrO6. The molecule has 0 aliphatic rings. The van der Waals surface area contributed by atoms with Crippen LogP contribution < -0.4 is 0 Å². The number of unbranched alkanes of at least 4 members (excludes halogenated alkanes) is 1. The van der Waals surface area contributed by atoms with Crippen LogP contribution in [0.5, 0.6) is 0 Å². The smallest absolute Gasteiger partial charge is 0.322 e. The summed E-state index contributed by atoms with van der Waals surface area (Å²) in [5, 5.41) is 8.95. The first kappa shape index (κ1) is 21.1. The van der Waals surface area contributed by atoms with E-state index in [4.69, 9.17) is 14.7 Å². The van der Waals surface area contributed by atoms with Crippen molar-refractivity contribution in [3.8, 4) is 0 Å². The molecule has 22 heavy (non-hydrogen) atoms. The van der Waals surface area contributed by atoms with Gasteiger partial charge in [-0.1, -0.05) is 22.5 Å². The molecule has 0 rings (SSSR count). The summed E-state index contributed by atoms with van der Waals surface area (Å²) in [6.07, 6.45) is 1.45. The van der Waals surface area contributed by atoms with E-state index >= 15 is 0 Å². The third-order valence-electron chi connectivity index (χ3n) is 3.09. The van der Waals surface area contributed by atoms with Gasteiger partial charge in [-0.2, -0.15) is 0 Å². The highest BCUT2D eigenvalue weighted by molar-refractivity contribution is 9.10. The van der Waals surface area contributed by atoms with Crippen molar-refractivity contribution in [2.45, 2.75) is 50.5 Å². The summed E-state index contributed by atoms with van der Waals surface area (Å²) < 4.78 is 9.21. The fourth-order valence-corrected chi connectivity index (χ4v) is 2.02. The summed E-state index contributed by atoms with van der Waals surface area (Å²) in [6, 6.07) is 0. The largest absolute Gasteiger partial charge is 0.467 e. The molecule has 0 aromatic heterocycles. The average molecular weight is 381 g/mol. The fourth-order valence-electron chi connectivity index (χ4n) is 1.91. The average Bonchev–Trinajstić information content (AvgIpc) is 2.42. The lowest BCUT2D eigenvalue weighted by Crippen LogP contribution is -2.28. The maximum Gasteiger partial charge on any atom is 0.322 e. The molecule has 0 aliphatic carbocycles. The van der Waals surface area contributed by atoms with E-state index in [-0.39, 0.29) is 18.5 Å². The number of halogens is 1. The number of rotatable bonds is 12. The topological polar surface area (TPSA) is 82.1 Å². The zero-order chi connectivity index (χ0) is 17.2. The summed E-state index contributed by atoms with van der Waals surface area (Å²) in [5.74, 6) is -0.511. The molecule has 1 N–H and O–H groups in total. The molecule has 7 heteroatoms. The highest BCUT2D eigenvalue weighted by atomic mass is 79.9. The molecule has 0 saturated heterocycles. The van der Waals surface area contributed by atoms with E-state index < -0.39 is 10.4 Å². The third kappa shape index (κ3) is 8.51.